The zero-order chi connectivity index (χ0) is 23.1. The fraction of sp³-hybridized carbons (Fsp3) is 0.310. The Hall–Kier alpha value is -2.95. The number of piperidine rings is 1. The van der Waals surface area contributed by atoms with Crippen molar-refractivity contribution in [2.24, 2.45) is 5.92 Å². The highest BCUT2D eigenvalue weighted by Crippen LogP contribution is 2.53. The molecule has 0 amide bonds. The second kappa shape index (κ2) is 9.73. The third-order valence-electron chi connectivity index (χ3n) is 7.59. The van der Waals surface area contributed by atoms with Gasteiger partial charge in [0.05, 0.1) is 5.56 Å². The van der Waals surface area contributed by atoms with Gasteiger partial charge in [-0.25, -0.2) is 4.79 Å². The largest absolute Gasteiger partial charge is 0.478 e. The molecule has 5 rings (SSSR count). The molecular weight excluding hydrogens is 446 g/mol. The summed E-state index contributed by atoms with van der Waals surface area (Å²) in [4.78, 5) is 27.2. The fourth-order valence-corrected chi connectivity index (χ4v) is 5.87. The Morgan fingerprint density at radius 1 is 0.971 bits per heavy atom. The molecule has 0 radical (unpaired) electrons. The first-order valence-electron chi connectivity index (χ1n) is 11.8. The van der Waals surface area contributed by atoms with Gasteiger partial charge in [-0.05, 0) is 72.8 Å². The summed E-state index contributed by atoms with van der Waals surface area (Å²) in [6.45, 7) is 7.33. The SMILES string of the molecule is CCN1CC[C@H]2[C@H](c3ccc(C(=O)O)cc3)c3cc(C)c(C(=O)c4ccccc4)cc3[C@H]2C1.Cl. The van der Waals surface area contributed by atoms with Gasteiger partial charge in [0.15, 0.2) is 5.78 Å². The van der Waals surface area contributed by atoms with Crippen LogP contribution in [0.15, 0.2) is 66.7 Å². The summed E-state index contributed by atoms with van der Waals surface area (Å²) in [7, 11) is 0. The van der Waals surface area contributed by atoms with E-state index in [0.29, 0.717) is 17.4 Å². The van der Waals surface area contributed by atoms with Crippen LogP contribution in [0.5, 0.6) is 0 Å². The van der Waals surface area contributed by atoms with E-state index in [-0.39, 0.29) is 24.1 Å². The molecule has 1 saturated heterocycles. The minimum absolute atomic E-state index is 0. The van der Waals surface area contributed by atoms with E-state index in [2.05, 4.69) is 24.0 Å². The van der Waals surface area contributed by atoms with E-state index in [9.17, 15) is 14.7 Å². The van der Waals surface area contributed by atoms with E-state index in [1.165, 1.54) is 16.7 Å². The van der Waals surface area contributed by atoms with Crippen LogP contribution in [0.2, 0.25) is 0 Å². The topological polar surface area (TPSA) is 57.6 Å². The van der Waals surface area contributed by atoms with Gasteiger partial charge in [-0.2, -0.15) is 0 Å². The van der Waals surface area contributed by atoms with E-state index in [4.69, 9.17) is 0 Å². The van der Waals surface area contributed by atoms with Gasteiger partial charge < -0.3 is 10.0 Å². The molecule has 5 heteroatoms. The Balaban J connectivity index is 0.00000274. The second-order valence-electron chi connectivity index (χ2n) is 9.35. The third-order valence-corrected chi connectivity index (χ3v) is 7.59. The predicted octanol–water partition coefficient (Wildman–Crippen LogP) is 5.92. The molecule has 0 saturated carbocycles. The minimum Gasteiger partial charge on any atom is -0.478 e. The smallest absolute Gasteiger partial charge is 0.335 e. The summed E-state index contributed by atoms with van der Waals surface area (Å²) >= 11 is 0. The van der Waals surface area contributed by atoms with Gasteiger partial charge in [-0.3, -0.25) is 4.79 Å². The van der Waals surface area contributed by atoms with E-state index < -0.39 is 5.97 Å². The van der Waals surface area contributed by atoms with Crippen molar-refractivity contribution in [3.8, 4) is 0 Å². The monoisotopic (exact) mass is 475 g/mol. The third kappa shape index (κ3) is 4.17. The molecule has 0 aromatic heterocycles. The van der Waals surface area contributed by atoms with Gasteiger partial charge in [-0.1, -0.05) is 55.5 Å². The number of carbonyl (C=O) groups excluding carboxylic acids is 1. The maximum Gasteiger partial charge on any atom is 0.335 e. The molecular formula is C29H30ClNO3. The summed E-state index contributed by atoms with van der Waals surface area (Å²) < 4.78 is 0. The molecule has 4 nitrogen and oxygen atoms in total. The molecule has 1 fully saturated rings. The molecule has 0 unspecified atom stereocenters. The molecule has 0 spiro atoms. The highest BCUT2D eigenvalue weighted by atomic mass is 35.5. The van der Waals surface area contributed by atoms with Crippen molar-refractivity contribution >= 4 is 24.2 Å². The van der Waals surface area contributed by atoms with E-state index in [1.807, 2.05) is 49.4 Å². The van der Waals surface area contributed by atoms with Gasteiger partial charge in [0.1, 0.15) is 0 Å². The van der Waals surface area contributed by atoms with Gasteiger partial charge in [0.25, 0.3) is 0 Å². The molecule has 1 aliphatic carbocycles. The normalized spacial score (nSPS) is 21.3. The van der Waals surface area contributed by atoms with Crippen molar-refractivity contribution in [3.63, 3.8) is 0 Å². The molecule has 1 heterocycles. The van der Waals surface area contributed by atoms with Crippen molar-refractivity contribution < 1.29 is 14.7 Å². The summed E-state index contributed by atoms with van der Waals surface area (Å²) in [5.41, 5.74) is 6.57. The lowest BCUT2D eigenvalue weighted by atomic mass is 9.78. The molecule has 34 heavy (non-hydrogen) atoms. The fourth-order valence-electron chi connectivity index (χ4n) is 5.87. The minimum atomic E-state index is -0.901. The van der Waals surface area contributed by atoms with Gasteiger partial charge in [0, 0.05) is 29.5 Å². The molecule has 3 atom stereocenters. The first-order valence-corrected chi connectivity index (χ1v) is 11.8. The van der Waals surface area contributed by atoms with Gasteiger partial charge >= 0.3 is 5.97 Å². The van der Waals surface area contributed by atoms with Crippen molar-refractivity contribution in [1.82, 2.24) is 4.90 Å². The van der Waals surface area contributed by atoms with Crippen LogP contribution in [0.4, 0.5) is 0 Å². The average molecular weight is 476 g/mol. The number of aryl methyl sites for hydroxylation is 1. The van der Waals surface area contributed by atoms with Crippen molar-refractivity contribution in [2.75, 3.05) is 19.6 Å². The Kier molecular flexibility index (Phi) is 6.92. The quantitative estimate of drug-likeness (QED) is 0.465. The Morgan fingerprint density at radius 3 is 2.32 bits per heavy atom. The van der Waals surface area contributed by atoms with Gasteiger partial charge in [0.2, 0.25) is 0 Å². The average Bonchev–Trinajstić information content (AvgIpc) is 3.15. The van der Waals surface area contributed by atoms with Crippen molar-refractivity contribution in [3.05, 3.63) is 106 Å². The number of carboxylic acids is 1. The lowest BCUT2D eigenvalue weighted by Crippen LogP contribution is -2.38. The van der Waals surface area contributed by atoms with Crippen LogP contribution >= 0.6 is 12.4 Å². The molecule has 3 aromatic carbocycles. The lowest BCUT2D eigenvalue weighted by molar-refractivity contribution is 0.0696. The number of carbonyl (C=O) groups is 2. The number of benzene rings is 3. The number of rotatable bonds is 5. The molecule has 2 aliphatic rings. The second-order valence-corrected chi connectivity index (χ2v) is 9.35. The van der Waals surface area contributed by atoms with Crippen LogP contribution in [0.3, 0.4) is 0 Å². The number of ketones is 1. The Bertz CT molecular complexity index is 1210. The van der Waals surface area contributed by atoms with Crippen LogP contribution in [0.1, 0.15) is 73.7 Å². The van der Waals surface area contributed by atoms with E-state index >= 15 is 0 Å². The first-order chi connectivity index (χ1) is 16.0. The summed E-state index contributed by atoms with van der Waals surface area (Å²) in [6.07, 6.45) is 1.10. The zero-order valence-corrected chi connectivity index (χ0v) is 20.3. The van der Waals surface area contributed by atoms with Crippen LogP contribution in [0, 0.1) is 12.8 Å². The van der Waals surface area contributed by atoms with Crippen LogP contribution < -0.4 is 0 Å². The summed E-state index contributed by atoms with van der Waals surface area (Å²) in [6, 6.07) is 21.3. The van der Waals surface area contributed by atoms with Crippen LogP contribution in [-0.2, 0) is 0 Å². The number of halogens is 1. The Morgan fingerprint density at radius 2 is 1.68 bits per heavy atom. The predicted molar refractivity (Wildman–Crippen MR) is 137 cm³/mol. The number of fused-ring (bicyclic) bond motifs is 3. The molecule has 176 valence electrons. The van der Waals surface area contributed by atoms with Gasteiger partial charge in [-0.15, -0.1) is 12.4 Å². The van der Waals surface area contributed by atoms with Crippen molar-refractivity contribution in [1.29, 1.82) is 0 Å². The number of likely N-dealkylation sites (N-methyl/N-ethyl adjacent to an activating group) is 1. The van der Waals surface area contributed by atoms with Crippen LogP contribution in [-0.4, -0.2) is 41.4 Å². The molecule has 1 N–H and O–H groups in total. The number of carboxylic acid groups (broad SMARTS) is 1. The van der Waals surface area contributed by atoms with E-state index in [1.54, 1.807) is 12.1 Å². The number of hydrogen-bond donors (Lipinski definition) is 1. The first kappa shape index (κ1) is 24.2. The van der Waals surface area contributed by atoms with Crippen molar-refractivity contribution in [2.45, 2.75) is 32.1 Å². The highest BCUT2D eigenvalue weighted by molar-refractivity contribution is 6.10. The molecule has 0 bridgehead atoms. The molecule has 3 aromatic rings. The lowest BCUT2D eigenvalue weighted by Gasteiger charge is -2.37. The van der Waals surface area contributed by atoms with Crippen LogP contribution in [0.25, 0.3) is 0 Å². The number of likely N-dealkylation sites (tertiary alicyclic amines) is 1. The molecule has 1 aliphatic heterocycles. The Labute approximate surface area is 207 Å². The number of aromatic carboxylic acids is 1. The maximum atomic E-state index is 13.3. The maximum absolute atomic E-state index is 13.3. The number of nitrogens with zero attached hydrogens (tertiary/aromatic N) is 1. The number of hydrogen-bond acceptors (Lipinski definition) is 3. The summed E-state index contributed by atoms with van der Waals surface area (Å²) in [5, 5.41) is 9.32. The highest BCUT2D eigenvalue weighted by Gasteiger charge is 2.44. The van der Waals surface area contributed by atoms with E-state index in [0.717, 1.165) is 42.7 Å². The standard InChI is InChI=1S/C29H29NO3.ClH/c1-3-30-14-13-22-26(17-30)24-16-23(28(31)20-7-5-4-6-8-20)18(2)15-25(24)27(22)19-9-11-21(12-10-19)29(32)33;/h4-12,15-16,22,26-27H,3,13-14,17H2,1-2H3,(H,32,33);1H/t22-,26+,27+;/m1./s1. The zero-order valence-electron chi connectivity index (χ0n) is 19.5. The summed E-state index contributed by atoms with van der Waals surface area (Å²) in [5.74, 6) is 0.236.